The third kappa shape index (κ3) is 8.59. The molecule has 0 amide bonds. The van der Waals surface area contributed by atoms with Crippen molar-refractivity contribution in [3.8, 4) is 5.75 Å². The highest BCUT2D eigenvalue weighted by Gasteiger charge is 2.22. The average molecular weight is 496 g/mol. The Bertz CT molecular complexity index is 581. The van der Waals surface area contributed by atoms with Crippen LogP contribution in [0, 0.1) is 6.92 Å². The van der Waals surface area contributed by atoms with Gasteiger partial charge in [0.15, 0.2) is 5.96 Å². The molecule has 2 rings (SSSR count). The van der Waals surface area contributed by atoms with E-state index in [1.807, 2.05) is 43.0 Å². The van der Waals surface area contributed by atoms with Gasteiger partial charge in [0.1, 0.15) is 11.9 Å². The van der Waals surface area contributed by atoms with Crippen LogP contribution in [-0.2, 0) is 0 Å². The van der Waals surface area contributed by atoms with Gasteiger partial charge in [0.05, 0.1) is 13.1 Å². The van der Waals surface area contributed by atoms with E-state index in [2.05, 4.69) is 15.6 Å². The van der Waals surface area contributed by atoms with Crippen molar-refractivity contribution in [2.24, 2.45) is 4.99 Å². The van der Waals surface area contributed by atoms with Crippen molar-refractivity contribution in [2.75, 3.05) is 33.2 Å². The lowest BCUT2D eigenvalue weighted by molar-refractivity contribution is 0.0744. The summed E-state index contributed by atoms with van der Waals surface area (Å²) < 4.78 is 30.8. The Morgan fingerprint density at radius 1 is 1.30 bits per heavy atom. The fourth-order valence-corrected chi connectivity index (χ4v) is 3.03. The van der Waals surface area contributed by atoms with Gasteiger partial charge in [-0.25, -0.2) is 8.78 Å². The van der Waals surface area contributed by atoms with Crippen LogP contribution >= 0.6 is 24.0 Å². The number of para-hydroxylation sites is 1. The quantitative estimate of drug-likeness (QED) is 0.346. The first-order valence-corrected chi connectivity index (χ1v) is 9.18. The Hall–Kier alpha value is -1.16. The van der Waals surface area contributed by atoms with Crippen LogP contribution in [0.15, 0.2) is 29.3 Å². The second-order valence-electron chi connectivity index (χ2n) is 6.76. The summed E-state index contributed by atoms with van der Waals surface area (Å²) >= 11 is 0. The summed E-state index contributed by atoms with van der Waals surface area (Å²) in [5.74, 6) is 1.61. The number of aryl methyl sites for hydroxylation is 1. The Morgan fingerprint density at radius 2 is 1.96 bits per heavy atom. The second-order valence-corrected chi connectivity index (χ2v) is 6.76. The lowest BCUT2D eigenvalue weighted by Crippen LogP contribution is -2.50. The zero-order chi connectivity index (χ0) is 18.9. The minimum atomic E-state index is -2.26. The van der Waals surface area contributed by atoms with Gasteiger partial charge in [0, 0.05) is 26.2 Å². The van der Waals surface area contributed by atoms with Gasteiger partial charge in [-0.15, -0.1) is 24.0 Å². The number of ether oxygens (including phenoxy) is 1. The number of benzene rings is 1. The van der Waals surface area contributed by atoms with Crippen molar-refractivity contribution in [3.63, 3.8) is 0 Å². The molecule has 1 aromatic carbocycles. The molecule has 0 aromatic heterocycles. The number of guanidine groups is 1. The zero-order valence-electron chi connectivity index (χ0n) is 16.3. The Labute approximate surface area is 178 Å². The summed E-state index contributed by atoms with van der Waals surface area (Å²) in [6.07, 6.45) is -0.600. The van der Waals surface area contributed by atoms with Gasteiger partial charge in [0.2, 0.25) is 0 Å². The maximum Gasteiger partial charge on any atom is 0.251 e. The standard InChI is InChI=1S/C19H30F2N4O.HI/c1-14-6-4-5-7-17(14)26-15(2)12-23-19(22-3)24-16-8-10-25(11-9-16)13-18(20)21;/h4-7,15-16,18H,8-13H2,1-3H3,(H2,22,23,24);1H. The molecule has 27 heavy (non-hydrogen) atoms. The molecule has 0 aliphatic carbocycles. The molecule has 1 heterocycles. The smallest absolute Gasteiger partial charge is 0.251 e. The summed E-state index contributed by atoms with van der Waals surface area (Å²) in [6.45, 7) is 5.90. The number of hydrogen-bond donors (Lipinski definition) is 2. The predicted molar refractivity (Wildman–Crippen MR) is 117 cm³/mol. The largest absolute Gasteiger partial charge is 0.489 e. The minimum Gasteiger partial charge on any atom is -0.489 e. The molecule has 8 heteroatoms. The van der Waals surface area contributed by atoms with E-state index in [1.165, 1.54) is 0 Å². The monoisotopic (exact) mass is 496 g/mol. The van der Waals surface area contributed by atoms with Gasteiger partial charge < -0.3 is 15.4 Å². The van der Waals surface area contributed by atoms with Crippen LogP contribution in [-0.4, -0.2) is 62.7 Å². The van der Waals surface area contributed by atoms with E-state index in [0.29, 0.717) is 19.6 Å². The van der Waals surface area contributed by atoms with Crippen molar-refractivity contribution in [1.82, 2.24) is 15.5 Å². The Balaban J connectivity index is 0.00000364. The van der Waals surface area contributed by atoms with Crippen molar-refractivity contribution in [3.05, 3.63) is 29.8 Å². The van der Waals surface area contributed by atoms with Crippen molar-refractivity contribution >= 4 is 29.9 Å². The molecule has 1 fully saturated rings. The molecule has 1 aliphatic rings. The van der Waals surface area contributed by atoms with E-state index in [4.69, 9.17) is 4.74 Å². The van der Waals surface area contributed by atoms with E-state index < -0.39 is 6.43 Å². The molecule has 0 spiro atoms. The number of alkyl halides is 2. The summed E-state index contributed by atoms with van der Waals surface area (Å²) in [5, 5.41) is 6.66. The van der Waals surface area contributed by atoms with Gasteiger partial charge in [-0.1, -0.05) is 18.2 Å². The Morgan fingerprint density at radius 3 is 2.56 bits per heavy atom. The number of piperidine rings is 1. The van der Waals surface area contributed by atoms with Crippen LogP contribution in [0.4, 0.5) is 8.78 Å². The zero-order valence-corrected chi connectivity index (χ0v) is 18.6. The van der Waals surface area contributed by atoms with E-state index in [1.54, 1.807) is 7.05 Å². The number of halogens is 3. The van der Waals surface area contributed by atoms with E-state index in [0.717, 1.165) is 30.1 Å². The summed E-state index contributed by atoms with van der Waals surface area (Å²) in [5.41, 5.74) is 1.11. The fourth-order valence-electron chi connectivity index (χ4n) is 3.03. The summed E-state index contributed by atoms with van der Waals surface area (Å²) in [6, 6.07) is 8.19. The van der Waals surface area contributed by atoms with Gasteiger partial charge in [-0.05, 0) is 38.3 Å². The number of hydrogen-bond acceptors (Lipinski definition) is 3. The first-order valence-electron chi connectivity index (χ1n) is 9.18. The molecule has 0 radical (unpaired) electrons. The molecule has 1 aliphatic heterocycles. The van der Waals surface area contributed by atoms with Crippen LogP contribution in [0.25, 0.3) is 0 Å². The number of likely N-dealkylation sites (tertiary alicyclic amines) is 1. The topological polar surface area (TPSA) is 48.9 Å². The maximum atomic E-state index is 12.4. The summed E-state index contributed by atoms with van der Waals surface area (Å²) in [7, 11) is 1.73. The first-order chi connectivity index (χ1) is 12.5. The number of aliphatic imine (C=N–C) groups is 1. The molecule has 1 saturated heterocycles. The number of nitrogens with zero attached hydrogens (tertiary/aromatic N) is 2. The van der Waals surface area contributed by atoms with Crippen LogP contribution in [0.5, 0.6) is 5.75 Å². The van der Waals surface area contributed by atoms with Crippen LogP contribution in [0.2, 0.25) is 0 Å². The van der Waals surface area contributed by atoms with E-state index in [-0.39, 0.29) is 42.7 Å². The van der Waals surface area contributed by atoms with Crippen LogP contribution in [0.1, 0.15) is 25.3 Å². The molecule has 5 nitrogen and oxygen atoms in total. The SMILES string of the molecule is CN=C(NCC(C)Oc1ccccc1C)NC1CCN(CC(F)F)CC1.I. The molecule has 1 aromatic rings. The third-order valence-electron chi connectivity index (χ3n) is 4.53. The lowest BCUT2D eigenvalue weighted by Gasteiger charge is -2.32. The third-order valence-corrected chi connectivity index (χ3v) is 4.53. The van der Waals surface area contributed by atoms with Crippen molar-refractivity contribution in [2.45, 2.75) is 45.3 Å². The molecule has 0 saturated carbocycles. The molecular weight excluding hydrogens is 465 g/mol. The number of rotatable bonds is 7. The van der Waals surface area contributed by atoms with Gasteiger partial charge in [0.25, 0.3) is 6.43 Å². The van der Waals surface area contributed by atoms with Crippen molar-refractivity contribution < 1.29 is 13.5 Å². The van der Waals surface area contributed by atoms with Crippen LogP contribution in [0.3, 0.4) is 0 Å². The molecule has 1 atom stereocenters. The highest BCUT2D eigenvalue weighted by molar-refractivity contribution is 14.0. The van der Waals surface area contributed by atoms with E-state index >= 15 is 0 Å². The summed E-state index contributed by atoms with van der Waals surface area (Å²) in [4.78, 5) is 6.07. The normalized spacial score (nSPS) is 17.3. The highest BCUT2D eigenvalue weighted by atomic mass is 127. The average Bonchev–Trinajstić information content (AvgIpc) is 2.61. The molecule has 154 valence electrons. The predicted octanol–water partition coefficient (Wildman–Crippen LogP) is 3.27. The maximum absolute atomic E-state index is 12.4. The van der Waals surface area contributed by atoms with Crippen molar-refractivity contribution in [1.29, 1.82) is 0 Å². The lowest BCUT2D eigenvalue weighted by atomic mass is 10.1. The van der Waals surface area contributed by atoms with Gasteiger partial charge in [-0.3, -0.25) is 9.89 Å². The Kier molecular flexibility index (Phi) is 10.9. The van der Waals surface area contributed by atoms with Gasteiger partial charge >= 0.3 is 0 Å². The minimum absolute atomic E-state index is 0. The fraction of sp³-hybridized carbons (Fsp3) is 0.632. The van der Waals surface area contributed by atoms with E-state index in [9.17, 15) is 8.78 Å². The first kappa shape index (κ1) is 23.9. The second kappa shape index (κ2) is 12.3. The highest BCUT2D eigenvalue weighted by Crippen LogP contribution is 2.17. The molecule has 1 unspecified atom stereocenters. The molecular formula is C19H31F2IN4O. The van der Waals surface area contributed by atoms with Crippen LogP contribution < -0.4 is 15.4 Å². The number of nitrogens with one attached hydrogen (secondary N) is 2. The molecule has 0 bridgehead atoms. The van der Waals surface area contributed by atoms with Gasteiger partial charge in [-0.2, -0.15) is 0 Å². The molecule has 2 N–H and O–H groups in total.